The number of hydrogen-bond acceptors (Lipinski definition) is 2. The van der Waals surface area contributed by atoms with Crippen molar-refractivity contribution in [3.63, 3.8) is 0 Å². The third-order valence-electron chi connectivity index (χ3n) is 4.11. The van der Waals surface area contributed by atoms with Gasteiger partial charge in [0.1, 0.15) is 0 Å². The van der Waals surface area contributed by atoms with Crippen LogP contribution in [0.4, 0.5) is 0 Å². The lowest BCUT2D eigenvalue weighted by molar-refractivity contribution is 0.565. The molecule has 1 unspecified atom stereocenters. The van der Waals surface area contributed by atoms with Crippen LogP contribution in [0.1, 0.15) is 30.3 Å². The van der Waals surface area contributed by atoms with Crippen LogP contribution in [0.3, 0.4) is 0 Å². The van der Waals surface area contributed by atoms with Gasteiger partial charge in [-0.25, -0.2) is 0 Å². The highest BCUT2D eigenvalue weighted by Gasteiger charge is 2.11. The number of nitrogens with zero attached hydrogens (tertiary/aromatic N) is 2. The first kappa shape index (κ1) is 14.8. The van der Waals surface area contributed by atoms with Gasteiger partial charge >= 0.3 is 0 Å². The predicted octanol–water partition coefficient (Wildman–Crippen LogP) is 3.24. The fourth-order valence-electron chi connectivity index (χ4n) is 2.56. The third-order valence-corrected chi connectivity index (χ3v) is 4.11. The van der Waals surface area contributed by atoms with Crippen molar-refractivity contribution in [2.24, 2.45) is 7.05 Å². The van der Waals surface area contributed by atoms with E-state index in [4.69, 9.17) is 0 Å². The Balaban J connectivity index is 2.16. The highest BCUT2D eigenvalue weighted by atomic mass is 15.3. The molecule has 1 aromatic carbocycles. The Morgan fingerprint density at radius 1 is 1.20 bits per heavy atom. The van der Waals surface area contributed by atoms with Gasteiger partial charge in [0.2, 0.25) is 0 Å². The van der Waals surface area contributed by atoms with E-state index < -0.39 is 0 Å². The van der Waals surface area contributed by atoms with Crippen molar-refractivity contribution in [1.29, 1.82) is 0 Å². The molecule has 1 N–H and O–H groups in total. The molecule has 1 atom stereocenters. The van der Waals surface area contributed by atoms with Gasteiger partial charge in [-0.15, -0.1) is 0 Å². The van der Waals surface area contributed by atoms with E-state index in [-0.39, 0.29) is 0 Å². The van der Waals surface area contributed by atoms with Crippen molar-refractivity contribution >= 4 is 0 Å². The molecule has 0 amide bonds. The Morgan fingerprint density at radius 2 is 1.85 bits per heavy atom. The summed E-state index contributed by atoms with van der Waals surface area (Å²) in [6.45, 7) is 6.42. The normalized spacial score (nSPS) is 12.7. The van der Waals surface area contributed by atoms with Crippen LogP contribution in [0.25, 0.3) is 11.1 Å². The quantitative estimate of drug-likeness (QED) is 0.904. The van der Waals surface area contributed by atoms with Gasteiger partial charge in [-0.2, -0.15) is 5.10 Å². The van der Waals surface area contributed by atoms with Crippen LogP contribution < -0.4 is 5.32 Å². The Morgan fingerprint density at radius 3 is 2.35 bits per heavy atom. The average molecular weight is 271 g/mol. The van der Waals surface area contributed by atoms with Crippen LogP contribution in [-0.4, -0.2) is 22.9 Å². The zero-order valence-electron chi connectivity index (χ0n) is 13.2. The van der Waals surface area contributed by atoms with E-state index in [0.29, 0.717) is 6.04 Å². The molecule has 3 nitrogen and oxygen atoms in total. The van der Waals surface area contributed by atoms with E-state index >= 15 is 0 Å². The fraction of sp³-hybridized carbons (Fsp3) is 0.471. The lowest BCUT2D eigenvalue weighted by Crippen LogP contribution is -2.21. The summed E-state index contributed by atoms with van der Waals surface area (Å²) in [6, 6.07) is 9.48. The van der Waals surface area contributed by atoms with Crippen molar-refractivity contribution in [2.75, 3.05) is 7.05 Å². The zero-order chi connectivity index (χ0) is 14.7. The summed E-state index contributed by atoms with van der Waals surface area (Å²) in [6.07, 6.45) is 2.29. The molecule has 20 heavy (non-hydrogen) atoms. The van der Waals surface area contributed by atoms with Crippen LogP contribution in [0.2, 0.25) is 0 Å². The van der Waals surface area contributed by atoms with Crippen molar-refractivity contribution in [1.82, 2.24) is 15.1 Å². The monoisotopic (exact) mass is 271 g/mol. The summed E-state index contributed by atoms with van der Waals surface area (Å²) in [7, 11) is 4.01. The Bertz CT molecular complexity index is 567. The summed E-state index contributed by atoms with van der Waals surface area (Å²) < 4.78 is 1.95. The van der Waals surface area contributed by atoms with Crippen LogP contribution >= 0.6 is 0 Å². The van der Waals surface area contributed by atoms with Crippen molar-refractivity contribution in [3.05, 3.63) is 41.2 Å². The molecule has 0 aliphatic rings. The summed E-state index contributed by atoms with van der Waals surface area (Å²) in [5.74, 6) is 0. The minimum Gasteiger partial charge on any atom is -0.317 e. The first-order chi connectivity index (χ1) is 9.52. The minimum absolute atomic E-state index is 0.567. The number of aryl methyl sites for hydroxylation is 3. The van der Waals surface area contributed by atoms with Crippen LogP contribution in [0, 0.1) is 13.8 Å². The molecule has 2 aromatic rings. The maximum absolute atomic E-state index is 4.49. The number of benzene rings is 1. The number of aromatic nitrogens is 2. The van der Waals surface area contributed by atoms with E-state index in [0.717, 1.165) is 12.1 Å². The van der Waals surface area contributed by atoms with Gasteiger partial charge in [0.05, 0.1) is 5.69 Å². The van der Waals surface area contributed by atoms with E-state index in [2.05, 4.69) is 55.5 Å². The fourth-order valence-corrected chi connectivity index (χ4v) is 2.56. The highest BCUT2D eigenvalue weighted by Crippen LogP contribution is 2.26. The molecule has 1 heterocycles. The number of nitrogens with one attached hydrogen (secondary N) is 1. The lowest BCUT2D eigenvalue weighted by atomic mass is 10.00. The lowest BCUT2D eigenvalue weighted by Gasteiger charge is -2.10. The second-order valence-corrected chi connectivity index (χ2v) is 5.59. The van der Waals surface area contributed by atoms with Crippen LogP contribution in [0.5, 0.6) is 0 Å². The Labute approximate surface area is 122 Å². The van der Waals surface area contributed by atoms with Crippen LogP contribution in [0.15, 0.2) is 24.3 Å². The molecular formula is C17H25N3. The van der Waals surface area contributed by atoms with E-state index in [1.807, 2.05) is 18.8 Å². The maximum atomic E-state index is 4.49. The predicted molar refractivity (Wildman–Crippen MR) is 85.0 cm³/mol. The van der Waals surface area contributed by atoms with Crippen molar-refractivity contribution in [3.8, 4) is 11.1 Å². The topological polar surface area (TPSA) is 29.9 Å². The molecule has 0 fully saturated rings. The van der Waals surface area contributed by atoms with Gasteiger partial charge < -0.3 is 5.32 Å². The first-order valence-electron chi connectivity index (χ1n) is 7.29. The van der Waals surface area contributed by atoms with E-state index in [1.54, 1.807) is 0 Å². The zero-order valence-corrected chi connectivity index (χ0v) is 13.2. The van der Waals surface area contributed by atoms with Crippen molar-refractivity contribution in [2.45, 2.75) is 39.7 Å². The molecule has 0 aliphatic heterocycles. The molecule has 0 spiro atoms. The van der Waals surface area contributed by atoms with E-state index in [9.17, 15) is 0 Å². The molecule has 0 radical (unpaired) electrons. The maximum Gasteiger partial charge on any atom is 0.0674 e. The Kier molecular flexibility index (Phi) is 4.61. The molecule has 0 saturated carbocycles. The molecule has 3 heteroatoms. The minimum atomic E-state index is 0.567. The SMILES string of the molecule is CNC(C)CCc1ccc(-c2c(C)nn(C)c2C)cc1. The number of rotatable bonds is 5. The Hall–Kier alpha value is -1.61. The summed E-state index contributed by atoms with van der Waals surface area (Å²) in [5, 5.41) is 7.77. The van der Waals surface area contributed by atoms with E-state index in [1.165, 1.54) is 28.8 Å². The molecule has 1 aromatic heterocycles. The second-order valence-electron chi connectivity index (χ2n) is 5.59. The molecule has 108 valence electrons. The smallest absolute Gasteiger partial charge is 0.0674 e. The summed E-state index contributed by atoms with van der Waals surface area (Å²) in [4.78, 5) is 0. The highest BCUT2D eigenvalue weighted by molar-refractivity contribution is 5.68. The van der Waals surface area contributed by atoms with Gasteiger partial charge in [0.15, 0.2) is 0 Å². The van der Waals surface area contributed by atoms with Gasteiger partial charge in [0.25, 0.3) is 0 Å². The largest absolute Gasteiger partial charge is 0.317 e. The summed E-state index contributed by atoms with van der Waals surface area (Å²) in [5.41, 5.74) is 6.25. The summed E-state index contributed by atoms with van der Waals surface area (Å²) >= 11 is 0. The first-order valence-corrected chi connectivity index (χ1v) is 7.29. The van der Waals surface area contributed by atoms with Gasteiger partial charge in [-0.1, -0.05) is 24.3 Å². The number of hydrogen-bond donors (Lipinski definition) is 1. The van der Waals surface area contributed by atoms with Crippen molar-refractivity contribution < 1.29 is 0 Å². The third kappa shape index (κ3) is 3.10. The molecule has 0 bridgehead atoms. The van der Waals surface area contributed by atoms with Gasteiger partial charge in [0, 0.05) is 24.3 Å². The second kappa shape index (κ2) is 6.23. The molecule has 2 rings (SSSR count). The van der Waals surface area contributed by atoms with Crippen LogP contribution in [-0.2, 0) is 13.5 Å². The van der Waals surface area contributed by atoms with Gasteiger partial charge in [-0.05, 0) is 51.8 Å². The molecular weight excluding hydrogens is 246 g/mol. The standard InChI is InChI=1S/C17H25N3/c1-12(18-4)6-7-15-8-10-16(11-9-15)17-13(2)19-20(5)14(17)3/h8-12,18H,6-7H2,1-5H3. The molecule has 0 aliphatic carbocycles. The van der Waals surface area contributed by atoms with Gasteiger partial charge in [-0.3, -0.25) is 4.68 Å². The average Bonchev–Trinajstić information content (AvgIpc) is 2.70. The molecule has 0 saturated heterocycles.